The Bertz CT molecular complexity index is 329. The van der Waals surface area contributed by atoms with E-state index in [1.54, 1.807) is 0 Å². The number of halogens is 1. The number of hydrogen-bond acceptors (Lipinski definition) is 3. The van der Waals surface area contributed by atoms with Crippen molar-refractivity contribution in [1.29, 1.82) is 0 Å². The molecule has 0 unspecified atom stereocenters. The number of nitrogens with zero attached hydrogens (tertiary/aromatic N) is 1. The Hall–Kier alpha value is -0.640. The van der Waals surface area contributed by atoms with E-state index in [1.807, 2.05) is 0 Å². The van der Waals surface area contributed by atoms with Crippen LogP contribution in [0.1, 0.15) is 54.3 Å². The summed E-state index contributed by atoms with van der Waals surface area (Å²) in [5.41, 5.74) is 0.462. The fourth-order valence-electron chi connectivity index (χ4n) is 2.06. The van der Waals surface area contributed by atoms with Gasteiger partial charge in [0.25, 0.3) is 4.80 Å². The van der Waals surface area contributed by atoms with Crippen LogP contribution in [0.15, 0.2) is 9.22 Å². The van der Waals surface area contributed by atoms with Gasteiger partial charge in [-0.15, -0.1) is 0 Å². The van der Waals surface area contributed by atoms with Crippen molar-refractivity contribution in [2.75, 3.05) is 0 Å². The zero-order valence-corrected chi connectivity index (χ0v) is 9.42. The van der Waals surface area contributed by atoms with Crippen LogP contribution in [0.2, 0.25) is 0 Å². The minimum Gasteiger partial charge on any atom is -0.435 e. The third-order valence-electron chi connectivity index (χ3n) is 2.74. The van der Waals surface area contributed by atoms with Gasteiger partial charge in [0, 0.05) is 21.8 Å². The fourth-order valence-corrected chi connectivity index (χ4v) is 2.42. The minimum absolute atomic E-state index is 0.391. The lowest BCUT2D eigenvalue weighted by Crippen LogP contribution is -2.05. The summed E-state index contributed by atoms with van der Waals surface area (Å²) in [6.45, 7) is 0. The highest BCUT2D eigenvalue weighted by Crippen LogP contribution is 2.35. The van der Waals surface area contributed by atoms with E-state index < -0.39 is 0 Å². The smallest absolute Gasteiger partial charge is 0.264 e. The van der Waals surface area contributed by atoms with Gasteiger partial charge in [-0.1, -0.05) is 19.3 Å². The maximum absolute atomic E-state index is 10.7. The van der Waals surface area contributed by atoms with Crippen LogP contribution in [-0.4, -0.2) is 11.3 Å². The summed E-state index contributed by atoms with van der Waals surface area (Å²) < 4.78 is 5.42. The van der Waals surface area contributed by atoms with Crippen LogP contribution >= 0.6 is 15.9 Å². The molecule has 3 nitrogen and oxygen atoms in total. The van der Waals surface area contributed by atoms with E-state index in [2.05, 4.69) is 20.9 Å². The first-order chi connectivity index (χ1) is 6.81. The first-order valence-corrected chi connectivity index (χ1v) is 5.72. The second-order valence-corrected chi connectivity index (χ2v) is 4.35. The lowest BCUT2D eigenvalue weighted by Gasteiger charge is -2.19. The Kier molecular flexibility index (Phi) is 3.01. The number of rotatable bonds is 2. The molecule has 0 aromatic carbocycles. The number of hydrogen-bond donors (Lipinski definition) is 0. The first kappa shape index (κ1) is 9.90. The topological polar surface area (TPSA) is 43.1 Å². The van der Waals surface area contributed by atoms with Crippen molar-refractivity contribution >= 4 is 22.2 Å². The number of carbonyl (C=O) groups excluding carboxylic acids is 1. The Morgan fingerprint density at radius 1 is 1.36 bits per heavy atom. The molecule has 0 bridgehead atoms. The molecule has 76 valence electrons. The molecule has 1 heterocycles. The Morgan fingerprint density at radius 3 is 2.71 bits per heavy atom. The van der Waals surface area contributed by atoms with E-state index >= 15 is 0 Å². The SMILES string of the molecule is O=Cc1nc(Br)oc1C1CCCCC1. The third kappa shape index (κ3) is 1.90. The van der Waals surface area contributed by atoms with Crippen molar-refractivity contribution in [2.24, 2.45) is 0 Å². The minimum atomic E-state index is 0.391. The maximum Gasteiger partial charge on any atom is 0.264 e. The van der Waals surface area contributed by atoms with Gasteiger partial charge in [0.15, 0.2) is 6.29 Å². The number of carbonyl (C=O) groups is 1. The van der Waals surface area contributed by atoms with Crippen molar-refractivity contribution < 1.29 is 9.21 Å². The van der Waals surface area contributed by atoms with Crippen molar-refractivity contribution in [3.8, 4) is 0 Å². The van der Waals surface area contributed by atoms with Crippen LogP contribution in [-0.2, 0) is 0 Å². The molecule has 0 spiro atoms. The van der Waals surface area contributed by atoms with E-state index in [0.717, 1.165) is 24.9 Å². The van der Waals surface area contributed by atoms with Crippen LogP contribution in [0.5, 0.6) is 0 Å². The molecule has 1 fully saturated rings. The Labute approximate surface area is 91.0 Å². The summed E-state index contributed by atoms with van der Waals surface area (Å²) in [5.74, 6) is 1.16. The van der Waals surface area contributed by atoms with Gasteiger partial charge in [-0.05, 0) is 12.8 Å². The van der Waals surface area contributed by atoms with Crippen molar-refractivity contribution in [2.45, 2.75) is 38.0 Å². The van der Waals surface area contributed by atoms with Crippen LogP contribution in [0.4, 0.5) is 0 Å². The highest BCUT2D eigenvalue weighted by atomic mass is 79.9. The summed E-state index contributed by atoms with van der Waals surface area (Å²) in [7, 11) is 0. The first-order valence-electron chi connectivity index (χ1n) is 4.92. The van der Waals surface area contributed by atoms with Gasteiger partial charge >= 0.3 is 0 Å². The van der Waals surface area contributed by atoms with Crippen molar-refractivity contribution in [3.05, 3.63) is 16.3 Å². The standard InChI is InChI=1S/C10H12BrNO2/c11-10-12-8(6-13)9(14-10)7-4-2-1-3-5-7/h6-7H,1-5H2. The second-order valence-electron chi connectivity index (χ2n) is 3.67. The summed E-state index contributed by atoms with van der Waals surface area (Å²) in [6.07, 6.45) is 6.74. The summed E-state index contributed by atoms with van der Waals surface area (Å²) >= 11 is 3.15. The van der Waals surface area contributed by atoms with Gasteiger partial charge in [0.2, 0.25) is 0 Å². The Morgan fingerprint density at radius 2 is 2.07 bits per heavy atom. The number of aldehydes is 1. The summed E-state index contributed by atoms with van der Waals surface area (Å²) in [4.78, 5) is 15.1. The predicted molar refractivity (Wildman–Crippen MR) is 55.4 cm³/mol. The van der Waals surface area contributed by atoms with E-state index in [4.69, 9.17) is 4.42 Å². The molecule has 0 aliphatic heterocycles. The maximum atomic E-state index is 10.7. The average molecular weight is 258 g/mol. The molecular formula is C10H12BrNO2. The quantitative estimate of drug-likeness (QED) is 0.764. The highest BCUT2D eigenvalue weighted by molar-refractivity contribution is 9.10. The van der Waals surface area contributed by atoms with Crippen LogP contribution in [0.25, 0.3) is 0 Å². The van der Waals surface area contributed by atoms with Crippen LogP contribution in [0, 0.1) is 0 Å². The van der Waals surface area contributed by atoms with Gasteiger partial charge in [0.05, 0.1) is 0 Å². The lowest BCUT2D eigenvalue weighted by atomic mass is 9.87. The Balaban J connectivity index is 2.24. The molecular weight excluding hydrogens is 246 g/mol. The van der Waals surface area contributed by atoms with Crippen molar-refractivity contribution in [3.63, 3.8) is 0 Å². The fraction of sp³-hybridized carbons (Fsp3) is 0.600. The zero-order chi connectivity index (χ0) is 9.97. The molecule has 0 atom stereocenters. The normalized spacial score (nSPS) is 18.4. The highest BCUT2D eigenvalue weighted by Gasteiger charge is 2.23. The van der Waals surface area contributed by atoms with Crippen LogP contribution in [0.3, 0.4) is 0 Å². The van der Waals surface area contributed by atoms with Gasteiger partial charge in [-0.25, -0.2) is 4.98 Å². The molecule has 0 N–H and O–H groups in total. The van der Waals surface area contributed by atoms with E-state index in [-0.39, 0.29) is 0 Å². The molecule has 14 heavy (non-hydrogen) atoms. The molecule has 1 aliphatic rings. The molecule has 4 heteroatoms. The monoisotopic (exact) mass is 257 g/mol. The van der Waals surface area contributed by atoms with Gasteiger partial charge < -0.3 is 4.42 Å². The van der Waals surface area contributed by atoms with Gasteiger partial charge in [-0.2, -0.15) is 0 Å². The number of oxazole rings is 1. The third-order valence-corrected chi connectivity index (χ3v) is 3.08. The van der Waals surface area contributed by atoms with Gasteiger partial charge in [-0.3, -0.25) is 4.79 Å². The molecule has 2 rings (SSSR count). The molecule has 0 radical (unpaired) electrons. The molecule has 1 aromatic heterocycles. The predicted octanol–water partition coefficient (Wildman–Crippen LogP) is 3.30. The summed E-state index contributed by atoms with van der Waals surface area (Å²) in [5, 5.41) is 0. The molecule has 0 amide bonds. The van der Waals surface area contributed by atoms with E-state index in [0.29, 0.717) is 16.4 Å². The zero-order valence-electron chi connectivity index (χ0n) is 7.83. The average Bonchev–Trinajstić information content (AvgIpc) is 2.61. The van der Waals surface area contributed by atoms with Crippen LogP contribution < -0.4 is 0 Å². The largest absolute Gasteiger partial charge is 0.435 e. The second kappa shape index (κ2) is 4.26. The molecule has 1 aliphatic carbocycles. The lowest BCUT2D eigenvalue weighted by molar-refractivity contribution is 0.111. The summed E-state index contributed by atoms with van der Waals surface area (Å²) in [6, 6.07) is 0. The molecule has 1 aromatic rings. The van der Waals surface area contributed by atoms with E-state index in [9.17, 15) is 4.79 Å². The van der Waals surface area contributed by atoms with Crippen molar-refractivity contribution in [1.82, 2.24) is 4.98 Å². The number of aromatic nitrogens is 1. The van der Waals surface area contributed by atoms with Gasteiger partial charge in [0.1, 0.15) is 11.5 Å². The van der Waals surface area contributed by atoms with E-state index in [1.165, 1.54) is 19.3 Å². The molecule has 1 saturated carbocycles. The molecule has 0 saturated heterocycles.